The molecule has 0 heterocycles. The van der Waals surface area contributed by atoms with Crippen LogP contribution in [0.4, 0.5) is 0 Å². The molecule has 0 aliphatic heterocycles. The van der Waals surface area contributed by atoms with Gasteiger partial charge in [0.2, 0.25) is 5.91 Å². The first-order chi connectivity index (χ1) is 8.39. The van der Waals surface area contributed by atoms with Crippen LogP contribution in [0.15, 0.2) is 0 Å². The first-order valence-electron chi connectivity index (χ1n) is 6.92. The highest BCUT2D eigenvalue weighted by molar-refractivity contribution is 5.78. The smallest absolute Gasteiger partial charge is 0.305 e. The standard InChI is InChI=1S/C14H25NO3/c1-14(2,10-13(17)18)15-12(16)9-11-7-5-3-4-6-8-11/h11H,3-10H2,1-2H3,(H,15,16)(H,17,18). The van der Waals surface area contributed by atoms with E-state index in [4.69, 9.17) is 5.11 Å². The molecule has 0 aromatic carbocycles. The van der Waals surface area contributed by atoms with Crippen molar-refractivity contribution in [3.05, 3.63) is 0 Å². The van der Waals surface area contributed by atoms with Crippen LogP contribution in [0, 0.1) is 5.92 Å². The highest BCUT2D eigenvalue weighted by atomic mass is 16.4. The number of hydrogen-bond donors (Lipinski definition) is 2. The number of aliphatic carboxylic acids is 1. The zero-order valence-electron chi connectivity index (χ0n) is 11.5. The number of rotatable bonds is 5. The molecule has 0 unspecified atom stereocenters. The average Bonchev–Trinajstić information content (AvgIpc) is 2.42. The fourth-order valence-corrected chi connectivity index (χ4v) is 2.68. The average molecular weight is 255 g/mol. The lowest BCUT2D eigenvalue weighted by molar-refractivity contribution is -0.138. The molecule has 18 heavy (non-hydrogen) atoms. The second-order valence-electron chi connectivity index (χ2n) is 6.06. The van der Waals surface area contributed by atoms with Crippen molar-refractivity contribution in [3.63, 3.8) is 0 Å². The second-order valence-corrected chi connectivity index (χ2v) is 6.06. The van der Waals surface area contributed by atoms with E-state index in [-0.39, 0.29) is 12.3 Å². The van der Waals surface area contributed by atoms with E-state index < -0.39 is 11.5 Å². The second kappa shape index (κ2) is 6.76. The third-order valence-corrected chi connectivity index (χ3v) is 3.52. The Balaban J connectivity index is 2.37. The van der Waals surface area contributed by atoms with Crippen molar-refractivity contribution in [3.8, 4) is 0 Å². The number of amides is 1. The molecule has 1 fully saturated rings. The number of carboxylic acid groups (broad SMARTS) is 1. The van der Waals surface area contributed by atoms with Crippen LogP contribution in [0.25, 0.3) is 0 Å². The van der Waals surface area contributed by atoms with Gasteiger partial charge < -0.3 is 10.4 Å². The molecule has 1 rings (SSSR count). The Morgan fingerprint density at radius 2 is 1.72 bits per heavy atom. The summed E-state index contributed by atoms with van der Waals surface area (Å²) in [4.78, 5) is 22.6. The van der Waals surface area contributed by atoms with E-state index in [0.717, 1.165) is 12.8 Å². The molecule has 104 valence electrons. The minimum absolute atomic E-state index is 0.00634. The van der Waals surface area contributed by atoms with Gasteiger partial charge in [0.1, 0.15) is 0 Å². The highest BCUT2D eigenvalue weighted by Crippen LogP contribution is 2.25. The summed E-state index contributed by atoms with van der Waals surface area (Å²) in [5, 5.41) is 11.6. The molecule has 0 atom stereocenters. The molecule has 0 aromatic rings. The van der Waals surface area contributed by atoms with Crippen LogP contribution < -0.4 is 5.32 Å². The van der Waals surface area contributed by atoms with Crippen LogP contribution in [0.1, 0.15) is 65.2 Å². The van der Waals surface area contributed by atoms with Crippen LogP contribution in [0.2, 0.25) is 0 Å². The van der Waals surface area contributed by atoms with Gasteiger partial charge in [-0.15, -0.1) is 0 Å². The van der Waals surface area contributed by atoms with E-state index in [1.54, 1.807) is 13.8 Å². The zero-order valence-corrected chi connectivity index (χ0v) is 11.5. The van der Waals surface area contributed by atoms with Crippen LogP contribution >= 0.6 is 0 Å². The van der Waals surface area contributed by atoms with Crippen molar-refractivity contribution in [2.24, 2.45) is 5.92 Å². The van der Waals surface area contributed by atoms with E-state index in [2.05, 4.69) is 5.32 Å². The van der Waals surface area contributed by atoms with Crippen LogP contribution in [-0.4, -0.2) is 22.5 Å². The van der Waals surface area contributed by atoms with Gasteiger partial charge in [-0.3, -0.25) is 9.59 Å². The lowest BCUT2D eigenvalue weighted by Gasteiger charge is -2.25. The summed E-state index contributed by atoms with van der Waals surface area (Å²) in [6.45, 7) is 3.51. The summed E-state index contributed by atoms with van der Waals surface area (Å²) in [5.74, 6) is -0.406. The van der Waals surface area contributed by atoms with Gasteiger partial charge in [0.05, 0.1) is 6.42 Å². The first-order valence-corrected chi connectivity index (χ1v) is 6.92. The SMILES string of the molecule is CC(C)(CC(=O)O)NC(=O)CC1CCCCCC1. The number of carbonyl (C=O) groups is 2. The molecule has 4 heteroatoms. The number of hydrogen-bond acceptors (Lipinski definition) is 2. The minimum atomic E-state index is -0.880. The molecule has 0 spiro atoms. The van der Waals surface area contributed by atoms with Crippen molar-refractivity contribution < 1.29 is 14.7 Å². The monoisotopic (exact) mass is 255 g/mol. The van der Waals surface area contributed by atoms with Gasteiger partial charge in [-0.1, -0.05) is 25.7 Å². The van der Waals surface area contributed by atoms with Crippen LogP contribution in [0.5, 0.6) is 0 Å². The Kier molecular flexibility index (Phi) is 5.63. The number of carboxylic acids is 1. The molecular weight excluding hydrogens is 230 g/mol. The highest BCUT2D eigenvalue weighted by Gasteiger charge is 2.25. The predicted molar refractivity (Wildman–Crippen MR) is 70.3 cm³/mol. The molecule has 2 N–H and O–H groups in total. The quantitative estimate of drug-likeness (QED) is 0.742. The summed E-state index contributed by atoms with van der Waals surface area (Å²) < 4.78 is 0. The zero-order chi connectivity index (χ0) is 13.6. The number of carbonyl (C=O) groups excluding carboxylic acids is 1. The topological polar surface area (TPSA) is 66.4 Å². The van der Waals surface area contributed by atoms with Gasteiger partial charge in [-0.05, 0) is 32.6 Å². The lowest BCUT2D eigenvalue weighted by Crippen LogP contribution is -2.45. The fourth-order valence-electron chi connectivity index (χ4n) is 2.68. The van der Waals surface area contributed by atoms with Gasteiger partial charge in [-0.25, -0.2) is 0 Å². The first kappa shape index (κ1) is 15.0. The van der Waals surface area contributed by atoms with Crippen molar-refractivity contribution >= 4 is 11.9 Å². The molecule has 1 aliphatic carbocycles. The Morgan fingerprint density at radius 1 is 1.17 bits per heavy atom. The Hall–Kier alpha value is -1.06. The maximum atomic E-state index is 11.9. The predicted octanol–water partition coefficient (Wildman–Crippen LogP) is 2.72. The molecule has 0 bridgehead atoms. The molecule has 0 radical (unpaired) electrons. The van der Waals surface area contributed by atoms with E-state index >= 15 is 0 Å². The summed E-state index contributed by atoms with van der Waals surface area (Å²) in [5.41, 5.74) is -0.659. The van der Waals surface area contributed by atoms with Gasteiger partial charge in [0.15, 0.2) is 0 Å². The van der Waals surface area contributed by atoms with E-state index in [9.17, 15) is 9.59 Å². The normalized spacial score (nSPS) is 18.1. The van der Waals surface area contributed by atoms with E-state index in [1.807, 2.05) is 0 Å². The van der Waals surface area contributed by atoms with Gasteiger partial charge in [0, 0.05) is 12.0 Å². The summed E-state index contributed by atoms with van der Waals surface area (Å²) in [6.07, 6.45) is 7.77. The third-order valence-electron chi connectivity index (χ3n) is 3.52. The molecule has 4 nitrogen and oxygen atoms in total. The maximum absolute atomic E-state index is 11.9. The number of nitrogens with one attached hydrogen (secondary N) is 1. The molecule has 0 saturated heterocycles. The van der Waals surface area contributed by atoms with Crippen LogP contribution in [-0.2, 0) is 9.59 Å². The van der Waals surface area contributed by atoms with E-state index in [1.165, 1.54) is 25.7 Å². The Labute approximate surface area is 109 Å². The third kappa shape index (κ3) is 6.03. The van der Waals surface area contributed by atoms with E-state index in [0.29, 0.717) is 12.3 Å². The van der Waals surface area contributed by atoms with Gasteiger partial charge in [-0.2, -0.15) is 0 Å². The lowest BCUT2D eigenvalue weighted by atomic mass is 9.94. The molecular formula is C14H25NO3. The largest absolute Gasteiger partial charge is 0.481 e. The van der Waals surface area contributed by atoms with Gasteiger partial charge in [0.25, 0.3) is 0 Å². The van der Waals surface area contributed by atoms with Crippen molar-refractivity contribution in [1.82, 2.24) is 5.32 Å². The molecule has 0 aromatic heterocycles. The molecule has 1 amide bonds. The minimum Gasteiger partial charge on any atom is -0.481 e. The summed E-state index contributed by atoms with van der Waals surface area (Å²) in [6, 6.07) is 0. The van der Waals surface area contributed by atoms with Crippen LogP contribution in [0.3, 0.4) is 0 Å². The molecule has 1 saturated carbocycles. The maximum Gasteiger partial charge on any atom is 0.305 e. The summed E-state index contributed by atoms with van der Waals surface area (Å²) in [7, 11) is 0. The Morgan fingerprint density at radius 3 is 2.22 bits per heavy atom. The molecule has 1 aliphatic rings. The van der Waals surface area contributed by atoms with Crippen molar-refractivity contribution in [2.45, 2.75) is 70.8 Å². The van der Waals surface area contributed by atoms with Gasteiger partial charge >= 0.3 is 5.97 Å². The Bertz CT molecular complexity index is 291. The van der Waals surface area contributed by atoms with Crippen molar-refractivity contribution in [1.29, 1.82) is 0 Å². The fraction of sp³-hybridized carbons (Fsp3) is 0.857. The summed E-state index contributed by atoms with van der Waals surface area (Å²) >= 11 is 0. The van der Waals surface area contributed by atoms with Crippen molar-refractivity contribution in [2.75, 3.05) is 0 Å².